The number of thiophene rings is 1. The van der Waals surface area contributed by atoms with Gasteiger partial charge >= 0.3 is 0 Å². The van der Waals surface area contributed by atoms with Crippen LogP contribution < -0.4 is 5.32 Å². The molecule has 32 heavy (non-hydrogen) atoms. The number of benzene rings is 1. The molecule has 1 aromatic carbocycles. The molecule has 0 unspecified atom stereocenters. The largest absolute Gasteiger partial charge is 0.365 e. The molecule has 5 rings (SSSR count). The van der Waals surface area contributed by atoms with Gasteiger partial charge in [-0.15, -0.1) is 11.3 Å². The van der Waals surface area contributed by atoms with Gasteiger partial charge in [-0.1, -0.05) is 30.0 Å². The summed E-state index contributed by atoms with van der Waals surface area (Å²) in [5, 5.41) is 3.62. The fourth-order valence-corrected chi connectivity index (χ4v) is 4.47. The molecule has 1 fully saturated rings. The zero-order chi connectivity index (χ0) is 22.1. The summed E-state index contributed by atoms with van der Waals surface area (Å²) < 4.78 is 13.3. The number of nitrogens with zero attached hydrogens (tertiary/aromatic N) is 2. The molecule has 4 aromatic rings. The smallest absolute Gasteiger partial charge is 0.184 e. The van der Waals surface area contributed by atoms with Crippen LogP contribution in [0.5, 0.6) is 0 Å². The molecule has 4 heterocycles. The lowest BCUT2D eigenvalue weighted by atomic mass is 10.1. The number of imidazole rings is 1. The van der Waals surface area contributed by atoms with E-state index in [2.05, 4.69) is 54.5 Å². The van der Waals surface area contributed by atoms with Crippen LogP contribution in [0.3, 0.4) is 0 Å². The predicted molar refractivity (Wildman–Crippen MR) is 129 cm³/mol. The highest BCUT2D eigenvalue weighted by molar-refractivity contribution is 7.16. The molecular formula is C26H25N3O2S. The third kappa shape index (κ3) is 4.42. The number of hydrogen-bond donors (Lipinski definition) is 1. The van der Waals surface area contributed by atoms with Gasteiger partial charge in [0, 0.05) is 22.9 Å². The Morgan fingerprint density at radius 3 is 2.69 bits per heavy atom. The highest BCUT2D eigenvalue weighted by atomic mass is 32.1. The van der Waals surface area contributed by atoms with Crippen LogP contribution >= 0.6 is 11.3 Å². The fourth-order valence-electron chi connectivity index (χ4n) is 3.62. The van der Waals surface area contributed by atoms with Crippen molar-refractivity contribution in [1.82, 2.24) is 9.38 Å². The Balaban J connectivity index is 1.45. The lowest BCUT2D eigenvalue weighted by Crippen LogP contribution is -2.27. The van der Waals surface area contributed by atoms with Gasteiger partial charge in [0.05, 0.1) is 23.0 Å². The van der Waals surface area contributed by atoms with Gasteiger partial charge in [-0.2, -0.15) is 0 Å². The molecule has 0 amide bonds. The van der Waals surface area contributed by atoms with E-state index in [1.54, 1.807) is 11.3 Å². The number of anilines is 1. The number of nitrogens with one attached hydrogen (secondary N) is 1. The Bertz CT molecular complexity index is 1310. The zero-order valence-corrected chi connectivity index (χ0v) is 19.2. The third-order valence-electron chi connectivity index (χ3n) is 4.97. The quantitative estimate of drug-likeness (QED) is 0.412. The molecule has 1 N–H and O–H groups in total. The summed E-state index contributed by atoms with van der Waals surface area (Å²) in [6, 6.07) is 18.3. The van der Waals surface area contributed by atoms with E-state index in [4.69, 9.17) is 14.5 Å². The van der Waals surface area contributed by atoms with E-state index >= 15 is 0 Å². The summed E-state index contributed by atoms with van der Waals surface area (Å²) in [4.78, 5) is 6.98. The van der Waals surface area contributed by atoms with Crippen molar-refractivity contribution in [3.05, 3.63) is 76.8 Å². The molecule has 5 nitrogen and oxygen atoms in total. The number of ether oxygens (including phenoxy) is 2. The molecular weight excluding hydrogens is 418 g/mol. The summed E-state index contributed by atoms with van der Waals surface area (Å²) in [6.45, 7) is 7.72. The van der Waals surface area contributed by atoms with Crippen LogP contribution in [0.2, 0.25) is 0 Å². The molecule has 0 aliphatic carbocycles. The van der Waals surface area contributed by atoms with E-state index in [9.17, 15) is 0 Å². The maximum atomic E-state index is 5.60. The number of rotatable bonds is 3. The Labute approximate surface area is 192 Å². The second kappa shape index (κ2) is 8.44. The number of fused-ring (bicyclic) bond motifs is 1. The molecule has 3 aromatic heterocycles. The van der Waals surface area contributed by atoms with Gasteiger partial charge in [-0.05, 0) is 57.2 Å². The summed E-state index contributed by atoms with van der Waals surface area (Å²) in [5.41, 5.74) is 3.73. The van der Waals surface area contributed by atoms with Crippen molar-refractivity contribution < 1.29 is 9.47 Å². The van der Waals surface area contributed by atoms with E-state index in [0.717, 1.165) is 38.0 Å². The van der Waals surface area contributed by atoms with E-state index in [-0.39, 0.29) is 11.8 Å². The average molecular weight is 444 g/mol. The molecule has 0 bridgehead atoms. The van der Waals surface area contributed by atoms with Crippen LogP contribution in [0.15, 0.2) is 60.8 Å². The molecule has 0 radical (unpaired) electrons. The Morgan fingerprint density at radius 2 is 1.88 bits per heavy atom. The van der Waals surface area contributed by atoms with Gasteiger partial charge in [0.15, 0.2) is 6.29 Å². The van der Waals surface area contributed by atoms with E-state index in [1.807, 2.05) is 48.7 Å². The highest BCUT2D eigenvalue weighted by Gasteiger charge is 2.20. The average Bonchev–Trinajstić information content (AvgIpc) is 3.52. The van der Waals surface area contributed by atoms with Crippen LogP contribution in [0.25, 0.3) is 16.2 Å². The normalized spacial score (nSPS) is 14.5. The van der Waals surface area contributed by atoms with Crippen LogP contribution in [-0.2, 0) is 9.47 Å². The number of hydrogen-bond acceptors (Lipinski definition) is 5. The zero-order valence-electron chi connectivity index (χ0n) is 18.4. The highest BCUT2D eigenvalue weighted by Crippen LogP contribution is 2.35. The van der Waals surface area contributed by atoms with E-state index in [0.29, 0.717) is 13.2 Å². The van der Waals surface area contributed by atoms with Crippen LogP contribution in [0, 0.1) is 11.8 Å². The van der Waals surface area contributed by atoms with E-state index < -0.39 is 0 Å². The summed E-state index contributed by atoms with van der Waals surface area (Å²) >= 11 is 1.65. The topological polar surface area (TPSA) is 47.8 Å². The van der Waals surface area contributed by atoms with Gasteiger partial charge in [0.25, 0.3) is 0 Å². The van der Waals surface area contributed by atoms with Crippen molar-refractivity contribution in [2.24, 2.45) is 0 Å². The lowest BCUT2D eigenvalue weighted by molar-refractivity contribution is -0.0441. The Hall–Kier alpha value is -3.11. The first-order chi connectivity index (χ1) is 15.5. The third-order valence-corrected chi connectivity index (χ3v) is 5.98. The molecule has 0 saturated carbocycles. The van der Waals surface area contributed by atoms with Crippen molar-refractivity contribution in [3.8, 4) is 22.4 Å². The van der Waals surface area contributed by atoms with Crippen LogP contribution in [-0.4, -0.2) is 28.1 Å². The van der Waals surface area contributed by atoms with Gasteiger partial charge in [-0.3, -0.25) is 4.40 Å². The molecule has 0 atom stereocenters. The molecule has 162 valence electrons. The molecule has 1 saturated heterocycles. The SMILES string of the molecule is CC(C)(C)Nc1c(-c2ccc(C#Cc3cccc(C4OCCO4)c3)s2)nc2ccccn12. The van der Waals surface area contributed by atoms with Gasteiger partial charge < -0.3 is 14.8 Å². The Morgan fingerprint density at radius 1 is 1.03 bits per heavy atom. The number of aromatic nitrogens is 2. The number of pyridine rings is 1. The van der Waals surface area contributed by atoms with Crippen molar-refractivity contribution >= 4 is 22.8 Å². The molecule has 1 aliphatic rings. The van der Waals surface area contributed by atoms with E-state index in [1.165, 1.54) is 0 Å². The standard InChI is InChI=1S/C26H25N3O2S/c1-26(2,3)28-24-23(27-22-9-4-5-14-29(22)24)21-13-12-20(32-21)11-10-18-7-6-8-19(17-18)25-30-15-16-31-25/h4-9,12-14,17,25,28H,15-16H2,1-3H3. The van der Waals surface area contributed by atoms with Crippen molar-refractivity contribution in [1.29, 1.82) is 0 Å². The van der Waals surface area contributed by atoms with Gasteiger partial charge in [0.1, 0.15) is 17.2 Å². The molecule has 6 heteroatoms. The Kier molecular flexibility index (Phi) is 5.48. The monoisotopic (exact) mass is 443 g/mol. The second-order valence-electron chi connectivity index (χ2n) is 8.73. The maximum Gasteiger partial charge on any atom is 0.184 e. The van der Waals surface area contributed by atoms with Crippen molar-refractivity contribution in [3.63, 3.8) is 0 Å². The molecule has 1 aliphatic heterocycles. The summed E-state index contributed by atoms with van der Waals surface area (Å²) in [7, 11) is 0. The first kappa shape index (κ1) is 20.8. The van der Waals surface area contributed by atoms with Gasteiger partial charge in [0.2, 0.25) is 0 Å². The molecule has 0 spiro atoms. The first-order valence-corrected chi connectivity index (χ1v) is 11.5. The summed E-state index contributed by atoms with van der Waals surface area (Å²) in [5.74, 6) is 7.58. The van der Waals surface area contributed by atoms with Crippen molar-refractivity contribution in [2.45, 2.75) is 32.6 Å². The lowest BCUT2D eigenvalue weighted by Gasteiger charge is -2.22. The van der Waals surface area contributed by atoms with Crippen LogP contribution in [0.1, 0.15) is 43.1 Å². The summed E-state index contributed by atoms with van der Waals surface area (Å²) in [6.07, 6.45) is 1.76. The minimum absolute atomic E-state index is 0.0851. The minimum atomic E-state index is -0.283. The second-order valence-corrected chi connectivity index (χ2v) is 9.81. The fraction of sp³-hybridized carbons (Fsp3) is 0.269. The first-order valence-electron chi connectivity index (χ1n) is 10.7. The predicted octanol–water partition coefficient (Wildman–Crippen LogP) is 5.72. The maximum absolute atomic E-state index is 5.60. The van der Waals surface area contributed by atoms with Gasteiger partial charge in [-0.25, -0.2) is 4.98 Å². The minimum Gasteiger partial charge on any atom is -0.365 e. The van der Waals surface area contributed by atoms with Crippen LogP contribution in [0.4, 0.5) is 5.82 Å². The van der Waals surface area contributed by atoms with Crippen molar-refractivity contribution in [2.75, 3.05) is 18.5 Å².